The Morgan fingerprint density at radius 1 is 1.05 bits per heavy atom. The Balaban J connectivity index is 2.22. The van der Waals surface area contributed by atoms with Crippen LogP contribution in [0, 0.1) is 3.57 Å². The third-order valence-corrected chi connectivity index (χ3v) is 3.65. The molecule has 0 fully saturated rings. The highest BCUT2D eigenvalue weighted by atomic mass is 127. The van der Waals surface area contributed by atoms with Gasteiger partial charge in [0.2, 0.25) is 0 Å². The van der Waals surface area contributed by atoms with Crippen LogP contribution in [0.4, 0.5) is 0 Å². The molecular weight excluding hydrogens is 365 g/mol. The van der Waals surface area contributed by atoms with Crippen LogP contribution < -0.4 is 15.2 Å². The van der Waals surface area contributed by atoms with Crippen molar-refractivity contribution < 1.29 is 9.47 Å². The first-order chi connectivity index (χ1) is 9.60. The maximum atomic E-state index is 6.07. The minimum absolute atomic E-state index is 0.110. The van der Waals surface area contributed by atoms with E-state index < -0.39 is 0 Å². The topological polar surface area (TPSA) is 44.5 Å². The molecule has 2 rings (SSSR count). The normalized spacial score (nSPS) is 13.6. The Morgan fingerprint density at radius 2 is 1.75 bits per heavy atom. The fourth-order valence-electron chi connectivity index (χ4n) is 1.96. The molecule has 3 nitrogen and oxygen atoms in total. The first-order valence-electron chi connectivity index (χ1n) is 6.42. The zero-order chi connectivity index (χ0) is 14.5. The Bertz CT molecular complexity index is 555. The van der Waals surface area contributed by atoms with Gasteiger partial charge in [0.05, 0.1) is 7.11 Å². The highest BCUT2D eigenvalue weighted by Crippen LogP contribution is 2.26. The molecule has 2 N–H and O–H groups in total. The lowest BCUT2D eigenvalue weighted by molar-refractivity contribution is 0.180. The van der Waals surface area contributed by atoms with Gasteiger partial charge in [0.1, 0.15) is 17.6 Å². The van der Waals surface area contributed by atoms with Gasteiger partial charge >= 0.3 is 0 Å². The van der Waals surface area contributed by atoms with Gasteiger partial charge in [-0.05, 0) is 65.4 Å². The third-order valence-electron chi connectivity index (χ3n) is 2.98. The van der Waals surface area contributed by atoms with Crippen LogP contribution in [-0.4, -0.2) is 13.2 Å². The largest absolute Gasteiger partial charge is 0.497 e. The standard InChI is InChI=1S/C16H18INO2/c1-11(18)16(12-6-8-14(19-2)9-7-12)20-15-5-3-4-13(17)10-15/h3-11,16H,18H2,1-2H3. The van der Waals surface area contributed by atoms with Crippen molar-refractivity contribution in [1.82, 2.24) is 0 Å². The molecule has 0 aliphatic rings. The van der Waals surface area contributed by atoms with Crippen molar-refractivity contribution in [3.8, 4) is 11.5 Å². The number of hydrogen-bond acceptors (Lipinski definition) is 3. The number of methoxy groups -OCH3 is 1. The number of halogens is 1. The van der Waals surface area contributed by atoms with Crippen LogP contribution in [0.15, 0.2) is 48.5 Å². The van der Waals surface area contributed by atoms with Gasteiger partial charge in [-0.15, -0.1) is 0 Å². The molecule has 4 heteroatoms. The quantitative estimate of drug-likeness (QED) is 0.800. The molecule has 0 saturated heterocycles. The molecule has 2 aromatic rings. The lowest BCUT2D eigenvalue weighted by atomic mass is 10.0. The first kappa shape index (κ1) is 15.1. The Kier molecular flexibility index (Phi) is 5.25. The highest BCUT2D eigenvalue weighted by molar-refractivity contribution is 14.1. The molecule has 0 spiro atoms. The van der Waals surface area contributed by atoms with Gasteiger partial charge in [0, 0.05) is 9.61 Å². The van der Waals surface area contributed by atoms with E-state index in [4.69, 9.17) is 15.2 Å². The van der Waals surface area contributed by atoms with Crippen LogP contribution in [-0.2, 0) is 0 Å². The summed E-state index contributed by atoms with van der Waals surface area (Å²) in [5.41, 5.74) is 7.11. The molecule has 2 unspecified atom stereocenters. The smallest absolute Gasteiger partial charge is 0.138 e. The van der Waals surface area contributed by atoms with Crippen LogP contribution in [0.3, 0.4) is 0 Å². The molecular formula is C16H18INO2. The van der Waals surface area contributed by atoms with Crippen LogP contribution in [0.5, 0.6) is 11.5 Å². The van der Waals surface area contributed by atoms with E-state index in [1.165, 1.54) is 0 Å². The minimum atomic E-state index is -0.181. The van der Waals surface area contributed by atoms with E-state index in [0.29, 0.717) is 0 Å². The summed E-state index contributed by atoms with van der Waals surface area (Å²) in [5, 5.41) is 0. The van der Waals surface area contributed by atoms with Crippen LogP contribution in [0.25, 0.3) is 0 Å². The SMILES string of the molecule is COc1ccc(C(Oc2cccc(I)c2)C(C)N)cc1. The summed E-state index contributed by atoms with van der Waals surface area (Å²) in [4.78, 5) is 0. The van der Waals surface area contributed by atoms with Crippen molar-refractivity contribution in [2.45, 2.75) is 19.1 Å². The predicted octanol–water partition coefficient (Wildman–Crippen LogP) is 3.77. The van der Waals surface area contributed by atoms with E-state index in [1.54, 1.807) is 7.11 Å². The molecule has 0 aliphatic carbocycles. The summed E-state index contributed by atoms with van der Waals surface area (Å²) in [6.45, 7) is 1.95. The Morgan fingerprint density at radius 3 is 2.30 bits per heavy atom. The van der Waals surface area contributed by atoms with E-state index in [9.17, 15) is 0 Å². The van der Waals surface area contributed by atoms with Crippen LogP contribution in [0.1, 0.15) is 18.6 Å². The molecule has 2 aromatic carbocycles. The van der Waals surface area contributed by atoms with Crippen LogP contribution in [0.2, 0.25) is 0 Å². The van der Waals surface area contributed by atoms with Crippen molar-refractivity contribution in [1.29, 1.82) is 0 Å². The van der Waals surface area contributed by atoms with Gasteiger partial charge < -0.3 is 15.2 Å². The van der Waals surface area contributed by atoms with Crippen molar-refractivity contribution in [3.63, 3.8) is 0 Å². The van der Waals surface area contributed by atoms with E-state index in [1.807, 2.05) is 55.5 Å². The average molecular weight is 383 g/mol. The van der Waals surface area contributed by atoms with Crippen molar-refractivity contribution in [3.05, 3.63) is 57.7 Å². The molecule has 0 aromatic heterocycles. The third kappa shape index (κ3) is 3.86. The minimum Gasteiger partial charge on any atom is -0.497 e. The van der Waals surface area contributed by atoms with Gasteiger partial charge in [-0.3, -0.25) is 0 Å². The van der Waals surface area contributed by atoms with Crippen LogP contribution >= 0.6 is 22.6 Å². The van der Waals surface area contributed by atoms with E-state index in [-0.39, 0.29) is 12.1 Å². The van der Waals surface area contributed by atoms with Gasteiger partial charge in [0.25, 0.3) is 0 Å². The lowest BCUT2D eigenvalue weighted by Gasteiger charge is -2.23. The predicted molar refractivity (Wildman–Crippen MR) is 89.2 cm³/mol. The maximum Gasteiger partial charge on any atom is 0.138 e. The fraction of sp³-hybridized carbons (Fsp3) is 0.250. The molecule has 2 atom stereocenters. The van der Waals surface area contributed by atoms with E-state index in [2.05, 4.69) is 22.6 Å². The van der Waals surface area contributed by atoms with Gasteiger partial charge in [-0.1, -0.05) is 18.2 Å². The molecule has 0 amide bonds. The average Bonchev–Trinajstić information content (AvgIpc) is 2.45. The monoisotopic (exact) mass is 383 g/mol. The Labute approximate surface area is 133 Å². The molecule has 0 bridgehead atoms. The zero-order valence-electron chi connectivity index (χ0n) is 11.5. The maximum absolute atomic E-state index is 6.07. The van der Waals surface area contributed by atoms with E-state index >= 15 is 0 Å². The number of hydrogen-bond donors (Lipinski definition) is 1. The second-order valence-corrected chi connectivity index (χ2v) is 5.87. The summed E-state index contributed by atoms with van der Waals surface area (Å²) < 4.78 is 12.4. The molecule has 0 radical (unpaired) electrons. The number of benzene rings is 2. The molecule has 0 aliphatic heterocycles. The van der Waals surface area contributed by atoms with Gasteiger partial charge in [-0.2, -0.15) is 0 Å². The molecule has 0 saturated carbocycles. The number of rotatable bonds is 5. The molecule has 20 heavy (non-hydrogen) atoms. The molecule has 106 valence electrons. The second-order valence-electron chi connectivity index (χ2n) is 4.63. The zero-order valence-corrected chi connectivity index (χ0v) is 13.7. The van der Waals surface area contributed by atoms with Gasteiger partial charge in [0.15, 0.2) is 0 Å². The summed E-state index contributed by atoms with van der Waals surface area (Å²) in [6, 6.07) is 15.7. The summed E-state index contributed by atoms with van der Waals surface area (Å²) in [7, 11) is 1.65. The fourth-order valence-corrected chi connectivity index (χ4v) is 2.47. The first-order valence-corrected chi connectivity index (χ1v) is 7.50. The van der Waals surface area contributed by atoms with Gasteiger partial charge in [-0.25, -0.2) is 0 Å². The van der Waals surface area contributed by atoms with Crippen molar-refractivity contribution in [2.75, 3.05) is 7.11 Å². The summed E-state index contributed by atoms with van der Waals surface area (Å²) in [6.07, 6.45) is -0.181. The van der Waals surface area contributed by atoms with E-state index in [0.717, 1.165) is 20.6 Å². The Hall–Kier alpha value is -1.27. The summed E-state index contributed by atoms with van der Waals surface area (Å²) >= 11 is 2.27. The molecule has 0 heterocycles. The van der Waals surface area contributed by atoms with Crippen molar-refractivity contribution >= 4 is 22.6 Å². The number of nitrogens with two attached hydrogens (primary N) is 1. The lowest BCUT2D eigenvalue weighted by Crippen LogP contribution is -2.29. The van der Waals surface area contributed by atoms with Crippen molar-refractivity contribution in [2.24, 2.45) is 5.73 Å². The highest BCUT2D eigenvalue weighted by Gasteiger charge is 2.18. The second kappa shape index (κ2) is 6.95. The number of ether oxygens (including phenoxy) is 2. The summed E-state index contributed by atoms with van der Waals surface area (Å²) in [5.74, 6) is 1.65.